The molecule has 0 aliphatic carbocycles. The van der Waals surface area contributed by atoms with Crippen LogP contribution in [0.3, 0.4) is 0 Å². The highest BCUT2D eigenvalue weighted by Gasteiger charge is 2.18. The van der Waals surface area contributed by atoms with Gasteiger partial charge in [0.25, 0.3) is 0 Å². The SMILES string of the molecule is CCCNC(c1cc(F)cc(F)c1)c1ccc(Cl)o1. The molecule has 0 aliphatic rings. The lowest BCUT2D eigenvalue weighted by atomic mass is 10.0. The summed E-state index contributed by atoms with van der Waals surface area (Å²) in [6, 6.07) is 6.29. The molecule has 2 nitrogen and oxygen atoms in total. The molecule has 2 aromatic rings. The second-order valence-electron chi connectivity index (χ2n) is 4.23. The molecule has 5 heteroatoms. The van der Waals surface area contributed by atoms with Gasteiger partial charge in [0.2, 0.25) is 0 Å². The first kappa shape index (κ1) is 14.0. The van der Waals surface area contributed by atoms with Gasteiger partial charge in [0.1, 0.15) is 17.4 Å². The predicted molar refractivity (Wildman–Crippen MR) is 70.2 cm³/mol. The average Bonchev–Trinajstić information content (AvgIpc) is 2.75. The van der Waals surface area contributed by atoms with Crippen molar-refractivity contribution < 1.29 is 13.2 Å². The molecule has 0 amide bonds. The van der Waals surface area contributed by atoms with Crippen LogP contribution in [0.1, 0.15) is 30.7 Å². The quantitative estimate of drug-likeness (QED) is 0.886. The van der Waals surface area contributed by atoms with Crippen molar-refractivity contribution in [3.05, 3.63) is 58.5 Å². The number of hydrogen-bond donors (Lipinski definition) is 1. The molecule has 1 heterocycles. The highest BCUT2D eigenvalue weighted by Crippen LogP contribution is 2.27. The van der Waals surface area contributed by atoms with Crippen LogP contribution >= 0.6 is 11.6 Å². The van der Waals surface area contributed by atoms with Crippen molar-refractivity contribution in [2.24, 2.45) is 0 Å². The highest BCUT2D eigenvalue weighted by molar-refractivity contribution is 6.28. The van der Waals surface area contributed by atoms with E-state index in [1.54, 1.807) is 12.1 Å². The van der Waals surface area contributed by atoms with E-state index in [1.165, 1.54) is 12.1 Å². The Morgan fingerprint density at radius 1 is 1.21 bits per heavy atom. The number of benzene rings is 1. The number of halogens is 3. The Hall–Kier alpha value is -1.39. The molecule has 0 radical (unpaired) electrons. The van der Waals surface area contributed by atoms with Crippen molar-refractivity contribution in [3.63, 3.8) is 0 Å². The summed E-state index contributed by atoms with van der Waals surface area (Å²) in [4.78, 5) is 0. The minimum atomic E-state index is -0.615. The summed E-state index contributed by atoms with van der Waals surface area (Å²) in [5.41, 5.74) is 0.469. The maximum atomic E-state index is 13.3. The van der Waals surface area contributed by atoms with Crippen molar-refractivity contribution in [1.29, 1.82) is 0 Å². The van der Waals surface area contributed by atoms with E-state index in [9.17, 15) is 8.78 Å². The zero-order valence-corrected chi connectivity index (χ0v) is 11.2. The topological polar surface area (TPSA) is 25.2 Å². The van der Waals surface area contributed by atoms with E-state index >= 15 is 0 Å². The Balaban J connectivity index is 2.36. The maximum Gasteiger partial charge on any atom is 0.193 e. The van der Waals surface area contributed by atoms with Crippen molar-refractivity contribution in [3.8, 4) is 0 Å². The molecule has 0 saturated heterocycles. The molecule has 0 fully saturated rings. The van der Waals surface area contributed by atoms with Crippen LogP contribution in [0.5, 0.6) is 0 Å². The zero-order valence-electron chi connectivity index (χ0n) is 10.4. The van der Waals surface area contributed by atoms with Crippen LogP contribution in [0, 0.1) is 11.6 Å². The van der Waals surface area contributed by atoms with Gasteiger partial charge in [-0.1, -0.05) is 6.92 Å². The van der Waals surface area contributed by atoms with E-state index in [4.69, 9.17) is 16.0 Å². The third-order valence-electron chi connectivity index (χ3n) is 2.70. The van der Waals surface area contributed by atoms with Crippen molar-refractivity contribution in [2.75, 3.05) is 6.54 Å². The molecule has 0 aliphatic heterocycles. The Kier molecular flexibility index (Phi) is 4.56. The summed E-state index contributed by atoms with van der Waals surface area (Å²) in [7, 11) is 0. The molecule has 2 rings (SSSR count). The molecular formula is C14H14ClF2NO. The number of furan rings is 1. The molecular weight excluding hydrogens is 272 g/mol. The monoisotopic (exact) mass is 285 g/mol. The van der Waals surface area contributed by atoms with Gasteiger partial charge in [-0.15, -0.1) is 0 Å². The first-order chi connectivity index (χ1) is 9.10. The van der Waals surface area contributed by atoms with Crippen LogP contribution in [0.15, 0.2) is 34.7 Å². The minimum Gasteiger partial charge on any atom is -0.448 e. The van der Waals surface area contributed by atoms with Crippen molar-refractivity contribution in [2.45, 2.75) is 19.4 Å². The fourth-order valence-corrected chi connectivity index (χ4v) is 2.05. The van der Waals surface area contributed by atoms with Gasteiger partial charge in [-0.2, -0.15) is 0 Å². The van der Waals surface area contributed by atoms with Gasteiger partial charge in [0.05, 0.1) is 6.04 Å². The molecule has 102 valence electrons. The van der Waals surface area contributed by atoms with E-state index in [2.05, 4.69) is 5.32 Å². The third kappa shape index (κ3) is 3.55. The zero-order chi connectivity index (χ0) is 13.8. The van der Waals surface area contributed by atoms with Gasteiger partial charge in [-0.05, 0) is 54.4 Å². The van der Waals surface area contributed by atoms with Crippen LogP contribution < -0.4 is 5.32 Å². The van der Waals surface area contributed by atoms with E-state index in [0.29, 0.717) is 17.9 Å². The van der Waals surface area contributed by atoms with E-state index in [0.717, 1.165) is 12.5 Å². The summed E-state index contributed by atoms with van der Waals surface area (Å²) in [5.74, 6) is -0.699. The largest absolute Gasteiger partial charge is 0.448 e. The van der Waals surface area contributed by atoms with Gasteiger partial charge < -0.3 is 9.73 Å². The normalized spacial score (nSPS) is 12.6. The summed E-state index contributed by atoms with van der Waals surface area (Å²) < 4.78 is 31.9. The predicted octanol–water partition coefficient (Wildman–Crippen LogP) is 4.30. The van der Waals surface area contributed by atoms with Gasteiger partial charge >= 0.3 is 0 Å². The molecule has 1 aromatic carbocycles. The molecule has 0 saturated carbocycles. The highest BCUT2D eigenvalue weighted by atomic mass is 35.5. The fourth-order valence-electron chi connectivity index (χ4n) is 1.90. The van der Waals surface area contributed by atoms with Crippen LogP contribution in [-0.2, 0) is 0 Å². The van der Waals surface area contributed by atoms with Gasteiger partial charge in [0.15, 0.2) is 5.22 Å². The lowest BCUT2D eigenvalue weighted by molar-refractivity contribution is 0.445. The molecule has 1 N–H and O–H groups in total. The Bertz CT molecular complexity index is 536. The second kappa shape index (κ2) is 6.17. The summed E-state index contributed by atoms with van der Waals surface area (Å²) >= 11 is 5.75. The lowest BCUT2D eigenvalue weighted by Gasteiger charge is -2.17. The van der Waals surface area contributed by atoms with Crippen LogP contribution in [0.4, 0.5) is 8.78 Å². The Morgan fingerprint density at radius 3 is 2.42 bits per heavy atom. The fraction of sp³-hybridized carbons (Fsp3) is 0.286. The number of nitrogens with one attached hydrogen (secondary N) is 1. The van der Waals surface area contributed by atoms with Crippen LogP contribution in [-0.4, -0.2) is 6.54 Å². The van der Waals surface area contributed by atoms with Gasteiger partial charge in [0, 0.05) is 6.07 Å². The summed E-state index contributed by atoms with van der Waals surface area (Å²) in [5, 5.41) is 3.43. The van der Waals surface area contributed by atoms with E-state index < -0.39 is 17.7 Å². The van der Waals surface area contributed by atoms with Crippen molar-refractivity contribution >= 4 is 11.6 Å². The lowest BCUT2D eigenvalue weighted by Crippen LogP contribution is -2.23. The first-order valence-corrected chi connectivity index (χ1v) is 6.42. The molecule has 1 unspecified atom stereocenters. The maximum absolute atomic E-state index is 13.3. The Labute approximate surface area is 115 Å². The molecule has 0 bridgehead atoms. The standard InChI is InChI=1S/C14H14ClF2NO/c1-2-5-18-14(12-3-4-13(15)19-12)9-6-10(16)8-11(17)7-9/h3-4,6-8,14,18H,2,5H2,1H3. The molecule has 19 heavy (non-hydrogen) atoms. The second-order valence-corrected chi connectivity index (χ2v) is 4.60. The smallest absolute Gasteiger partial charge is 0.193 e. The summed E-state index contributed by atoms with van der Waals surface area (Å²) in [6.45, 7) is 2.70. The number of rotatable bonds is 5. The average molecular weight is 286 g/mol. The van der Waals surface area contributed by atoms with Crippen LogP contribution in [0.2, 0.25) is 5.22 Å². The molecule has 1 aromatic heterocycles. The van der Waals surface area contributed by atoms with Crippen molar-refractivity contribution in [1.82, 2.24) is 5.32 Å². The van der Waals surface area contributed by atoms with Gasteiger partial charge in [-0.25, -0.2) is 8.78 Å². The Morgan fingerprint density at radius 2 is 1.89 bits per heavy atom. The summed E-state index contributed by atoms with van der Waals surface area (Å²) in [6.07, 6.45) is 0.892. The number of hydrogen-bond acceptors (Lipinski definition) is 2. The molecule has 0 spiro atoms. The molecule has 1 atom stereocenters. The van der Waals surface area contributed by atoms with E-state index in [-0.39, 0.29) is 5.22 Å². The minimum absolute atomic E-state index is 0.246. The first-order valence-electron chi connectivity index (χ1n) is 6.04. The van der Waals surface area contributed by atoms with E-state index in [1.807, 2.05) is 6.92 Å². The van der Waals surface area contributed by atoms with Gasteiger partial charge in [-0.3, -0.25) is 0 Å². The van der Waals surface area contributed by atoms with Crippen LogP contribution in [0.25, 0.3) is 0 Å². The third-order valence-corrected chi connectivity index (χ3v) is 2.90.